The molecule has 7 heteroatoms. The zero-order valence-corrected chi connectivity index (χ0v) is 23.5. The maximum absolute atomic E-state index is 12.7. The number of imide groups is 1. The number of aryl methyl sites for hydroxylation is 1. The molecule has 2 aromatic rings. The Balaban J connectivity index is 0.00000163. The van der Waals surface area contributed by atoms with E-state index >= 15 is 0 Å². The van der Waals surface area contributed by atoms with Crippen molar-refractivity contribution >= 4 is 23.5 Å². The first kappa shape index (κ1) is 31.3. The number of carbonyl (C=O) groups is 3. The molecular formula is C30H42N4O3. The summed E-state index contributed by atoms with van der Waals surface area (Å²) in [5.41, 5.74) is 9.16. The minimum absolute atomic E-state index is 0.0346. The number of anilines is 1. The third-order valence-corrected chi connectivity index (χ3v) is 5.48. The van der Waals surface area contributed by atoms with E-state index in [4.69, 9.17) is 5.73 Å². The fourth-order valence-electron chi connectivity index (χ4n) is 4.08. The average Bonchev–Trinajstić information content (AvgIpc) is 3.11. The number of primary amides is 1. The summed E-state index contributed by atoms with van der Waals surface area (Å²) < 4.78 is 0. The first-order chi connectivity index (χ1) is 17.8. The molecule has 0 fully saturated rings. The number of hydrogen-bond donors (Lipinski definition) is 2. The number of allylic oxidation sites excluding steroid dienone is 3. The number of rotatable bonds is 9. The Kier molecular flexibility index (Phi) is 13.0. The van der Waals surface area contributed by atoms with Gasteiger partial charge in [0.1, 0.15) is 5.82 Å². The lowest BCUT2D eigenvalue weighted by Gasteiger charge is -2.20. The summed E-state index contributed by atoms with van der Waals surface area (Å²) >= 11 is 0. The molecule has 0 bridgehead atoms. The number of hydrogen-bond acceptors (Lipinski definition) is 5. The van der Waals surface area contributed by atoms with Gasteiger partial charge in [0.2, 0.25) is 0 Å². The highest BCUT2D eigenvalue weighted by molar-refractivity contribution is 6.21. The zero-order valence-electron chi connectivity index (χ0n) is 23.5. The van der Waals surface area contributed by atoms with E-state index in [0.717, 1.165) is 23.4 Å². The quantitative estimate of drug-likeness (QED) is 0.307. The van der Waals surface area contributed by atoms with E-state index in [1.165, 1.54) is 4.90 Å². The van der Waals surface area contributed by atoms with E-state index in [1.807, 2.05) is 79.7 Å². The van der Waals surface area contributed by atoms with Crippen molar-refractivity contribution in [2.45, 2.75) is 68.2 Å². The van der Waals surface area contributed by atoms with Crippen LogP contribution in [-0.4, -0.2) is 34.2 Å². The van der Waals surface area contributed by atoms with Crippen LogP contribution in [0.3, 0.4) is 0 Å². The predicted octanol–water partition coefficient (Wildman–Crippen LogP) is 6.30. The molecule has 1 aliphatic heterocycles. The van der Waals surface area contributed by atoms with Crippen LogP contribution in [0.4, 0.5) is 5.82 Å². The molecule has 0 aliphatic carbocycles. The molecular weight excluding hydrogens is 464 g/mol. The largest absolute Gasteiger partial charge is 0.365 e. The van der Waals surface area contributed by atoms with Crippen molar-refractivity contribution in [3.8, 4) is 0 Å². The maximum Gasteiger partial charge on any atom is 0.261 e. The Morgan fingerprint density at radius 1 is 1.11 bits per heavy atom. The molecule has 7 nitrogen and oxygen atoms in total. The van der Waals surface area contributed by atoms with Crippen molar-refractivity contribution in [2.24, 2.45) is 11.7 Å². The maximum atomic E-state index is 12.7. The minimum Gasteiger partial charge on any atom is -0.365 e. The second-order valence-corrected chi connectivity index (χ2v) is 8.29. The number of amides is 3. The van der Waals surface area contributed by atoms with Crippen LogP contribution >= 0.6 is 0 Å². The summed E-state index contributed by atoms with van der Waals surface area (Å²) in [6.45, 7) is 16.0. The van der Waals surface area contributed by atoms with Crippen molar-refractivity contribution in [3.05, 3.63) is 82.2 Å². The van der Waals surface area contributed by atoms with Crippen molar-refractivity contribution in [2.75, 3.05) is 11.9 Å². The average molecular weight is 507 g/mol. The van der Waals surface area contributed by atoms with Gasteiger partial charge < -0.3 is 11.1 Å². The second-order valence-electron chi connectivity index (χ2n) is 8.29. The van der Waals surface area contributed by atoms with E-state index in [-0.39, 0.29) is 24.3 Å². The number of nitrogens with one attached hydrogen (secondary N) is 1. The van der Waals surface area contributed by atoms with Crippen LogP contribution in [0.25, 0.3) is 0 Å². The van der Waals surface area contributed by atoms with E-state index in [2.05, 4.69) is 10.3 Å². The van der Waals surface area contributed by atoms with Gasteiger partial charge in [-0.1, -0.05) is 65.8 Å². The fourth-order valence-corrected chi connectivity index (χ4v) is 4.08. The summed E-state index contributed by atoms with van der Waals surface area (Å²) in [4.78, 5) is 43.4. The molecule has 3 amide bonds. The second kappa shape index (κ2) is 15.4. The van der Waals surface area contributed by atoms with Crippen LogP contribution in [0.1, 0.15) is 97.2 Å². The highest BCUT2D eigenvalue weighted by atomic mass is 16.2. The molecule has 37 heavy (non-hydrogen) atoms. The Labute approximate surface area is 221 Å². The Morgan fingerprint density at radius 3 is 2.16 bits per heavy atom. The third-order valence-electron chi connectivity index (χ3n) is 5.48. The summed E-state index contributed by atoms with van der Waals surface area (Å²) in [6, 6.07) is 8.71. The number of fused-ring (bicyclic) bond motifs is 1. The topological polar surface area (TPSA) is 105 Å². The Morgan fingerprint density at radius 2 is 1.68 bits per heavy atom. The van der Waals surface area contributed by atoms with Gasteiger partial charge in [0.05, 0.1) is 16.7 Å². The van der Waals surface area contributed by atoms with Crippen LogP contribution in [0, 0.1) is 12.8 Å². The van der Waals surface area contributed by atoms with Gasteiger partial charge in [-0.25, -0.2) is 4.98 Å². The van der Waals surface area contributed by atoms with Gasteiger partial charge in [-0.3, -0.25) is 19.3 Å². The lowest BCUT2D eigenvalue weighted by Crippen LogP contribution is -2.34. The number of nitrogens with zero attached hydrogens (tertiary/aromatic N) is 2. The van der Waals surface area contributed by atoms with Gasteiger partial charge in [0.25, 0.3) is 17.7 Å². The van der Waals surface area contributed by atoms with Crippen LogP contribution in [0.2, 0.25) is 0 Å². The molecule has 0 saturated carbocycles. The van der Waals surface area contributed by atoms with Crippen LogP contribution in [0.5, 0.6) is 0 Å². The molecule has 0 radical (unpaired) electrons. The highest BCUT2D eigenvalue weighted by Crippen LogP contribution is 2.25. The minimum atomic E-state index is -0.551. The summed E-state index contributed by atoms with van der Waals surface area (Å²) in [6.07, 6.45) is 7.15. The first-order valence-corrected chi connectivity index (χ1v) is 13.1. The summed E-state index contributed by atoms with van der Waals surface area (Å²) in [7, 11) is 0. The zero-order chi connectivity index (χ0) is 28.1. The molecule has 0 saturated heterocycles. The van der Waals surface area contributed by atoms with E-state index in [0.29, 0.717) is 28.9 Å². The lowest BCUT2D eigenvalue weighted by atomic mass is 10.0. The van der Waals surface area contributed by atoms with Gasteiger partial charge in [-0.2, -0.15) is 0 Å². The van der Waals surface area contributed by atoms with Crippen LogP contribution in [-0.2, 0) is 6.42 Å². The molecule has 3 rings (SSSR count). The van der Waals surface area contributed by atoms with Gasteiger partial charge in [0, 0.05) is 17.9 Å². The van der Waals surface area contributed by atoms with Crippen LogP contribution < -0.4 is 11.1 Å². The van der Waals surface area contributed by atoms with Crippen LogP contribution in [0.15, 0.2) is 54.3 Å². The van der Waals surface area contributed by atoms with Gasteiger partial charge in [0.15, 0.2) is 0 Å². The lowest BCUT2D eigenvalue weighted by molar-refractivity contribution is 0.0631. The number of aromatic nitrogens is 1. The SMILES string of the molecule is C/C=C\C(=C/CC)Nc1nc(CC(C)CN2C(=O)c3ccccc3C2=O)cc(C)c1C(N)=O.CC.CC. The van der Waals surface area contributed by atoms with Gasteiger partial charge >= 0.3 is 0 Å². The molecule has 0 spiro atoms. The molecule has 1 aromatic heterocycles. The number of nitrogens with two attached hydrogens (primary N) is 1. The monoisotopic (exact) mass is 506 g/mol. The van der Waals surface area contributed by atoms with Crippen molar-refractivity contribution in [1.29, 1.82) is 0 Å². The van der Waals surface area contributed by atoms with Crippen molar-refractivity contribution < 1.29 is 14.4 Å². The molecule has 1 aliphatic rings. The molecule has 1 aromatic carbocycles. The molecule has 3 N–H and O–H groups in total. The number of pyridine rings is 1. The van der Waals surface area contributed by atoms with Crippen molar-refractivity contribution in [1.82, 2.24) is 9.88 Å². The first-order valence-electron chi connectivity index (χ1n) is 13.1. The summed E-state index contributed by atoms with van der Waals surface area (Å²) in [5.74, 6) is -0.710. The third kappa shape index (κ3) is 7.87. The molecule has 1 atom stereocenters. The smallest absolute Gasteiger partial charge is 0.261 e. The van der Waals surface area contributed by atoms with E-state index in [1.54, 1.807) is 24.3 Å². The Hall–Kier alpha value is -3.74. The number of carbonyl (C=O) groups excluding carboxylic acids is 3. The number of benzene rings is 1. The Bertz CT molecular complexity index is 1120. The van der Waals surface area contributed by atoms with Gasteiger partial charge in [-0.15, -0.1) is 0 Å². The van der Waals surface area contributed by atoms with Crippen molar-refractivity contribution in [3.63, 3.8) is 0 Å². The van der Waals surface area contributed by atoms with E-state index in [9.17, 15) is 14.4 Å². The molecule has 2 heterocycles. The molecule has 200 valence electrons. The fraction of sp³-hybridized carbons (Fsp3) is 0.400. The normalized spacial score (nSPS) is 13.4. The van der Waals surface area contributed by atoms with Gasteiger partial charge in [-0.05, 0) is 62.4 Å². The highest BCUT2D eigenvalue weighted by Gasteiger charge is 2.35. The molecule has 1 unspecified atom stereocenters. The standard InChI is InChI=1S/C26H30N4O3.2C2H6/c1-5-9-18(10-6-2)28-24-22(23(27)31)17(4)14-19(29-24)13-16(3)15-30-25(32)20-11-7-8-12-21(20)26(30)33;2*1-2/h5,7-12,14,16H,6,13,15H2,1-4H3,(H2,27,31)(H,28,29);2*1-2H3/b9-5-,18-10+;;. The summed E-state index contributed by atoms with van der Waals surface area (Å²) in [5, 5.41) is 3.23. The predicted molar refractivity (Wildman–Crippen MR) is 152 cm³/mol. The van der Waals surface area contributed by atoms with E-state index < -0.39 is 5.91 Å².